The summed E-state index contributed by atoms with van der Waals surface area (Å²) >= 11 is 0. The fourth-order valence-corrected chi connectivity index (χ4v) is 2.22. The van der Waals surface area contributed by atoms with E-state index in [0.29, 0.717) is 12.3 Å². The molecule has 3 rings (SSSR count). The number of Topliss-reactive ketones (excluding diaryl/α,β-unsaturated/α-hetero) is 1. The minimum atomic E-state index is -0.0151. The molecule has 0 saturated carbocycles. The van der Waals surface area contributed by atoms with E-state index >= 15 is 0 Å². The van der Waals surface area contributed by atoms with Gasteiger partial charge in [0.1, 0.15) is 30.0 Å². The highest BCUT2D eigenvalue weighted by Crippen LogP contribution is 2.24. The van der Waals surface area contributed by atoms with Crippen LogP contribution in [-0.4, -0.2) is 34.7 Å². The van der Waals surface area contributed by atoms with Gasteiger partial charge in [-0.1, -0.05) is 0 Å². The zero-order valence-electron chi connectivity index (χ0n) is 12.4. The van der Waals surface area contributed by atoms with Crippen molar-refractivity contribution in [3.05, 3.63) is 35.7 Å². The first-order valence-electron chi connectivity index (χ1n) is 6.95. The van der Waals surface area contributed by atoms with Gasteiger partial charge in [0.2, 0.25) is 0 Å². The molecule has 0 aliphatic carbocycles. The number of aromatic nitrogens is 2. The van der Waals surface area contributed by atoms with Crippen molar-refractivity contribution in [3.8, 4) is 17.1 Å². The highest BCUT2D eigenvalue weighted by Gasteiger charge is 2.23. The summed E-state index contributed by atoms with van der Waals surface area (Å²) in [6.07, 6.45) is 0.250. The second-order valence-electron chi connectivity index (χ2n) is 5.28. The van der Waals surface area contributed by atoms with E-state index in [2.05, 4.69) is 4.98 Å². The average molecular weight is 286 g/mol. The number of carbonyl (C=O) groups excluding carboxylic acids is 1. The first kappa shape index (κ1) is 13.8. The van der Waals surface area contributed by atoms with Crippen LogP contribution in [0.1, 0.15) is 23.1 Å². The molecular formula is C16H18N2O3. The number of rotatable bonds is 5. The van der Waals surface area contributed by atoms with Crippen LogP contribution in [0.2, 0.25) is 0 Å². The number of ketones is 1. The molecule has 5 heteroatoms. The Labute approximate surface area is 123 Å². The molecule has 0 bridgehead atoms. The van der Waals surface area contributed by atoms with Gasteiger partial charge in [-0.2, -0.15) is 0 Å². The molecule has 21 heavy (non-hydrogen) atoms. The molecule has 1 atom stereocenters. The zero-order valence-corrected chi connectivity index (χ0v) is 12.4. The number of nitrogens with zero attached hydrogens (tertiary/aromatic N) is 2. The largest absolute Gasteiger partial charge is 0.491 e. The summed E-state index contributed by atoms with van der Waals surface area (Å²) in [5, 5.41) is 0. The molecule has 1 unspecified atom stereocenters. The van der Waals surface area contributed by atoms with Gasteiger partial charge in [0.25, 0.3) is 0 Å². The molecule has 1 aromatic carbocycles. The van der Waals surface area contributed by atoms with Crippen LogP contribution in [0.25, 0.3) is 11.4 Å². The Morgan fingerprint density at radius 3 is 2.62 bits per heavy atom. The van der Waals surface area contributed by atoms with E-state index in [-0.39, 0.29) is 11.9 Å². The van der Waals surface area contributed by atoms with Crippen molar-refractivity contribution in [2.75, 3.05) is 13.2 Å². The summed E-state index contributed by atoms with van der Waals surface area (Å²) in [6.45, 7) is 4.82. The predicted octanol–water partition coefficient (Wildman–Crippen LogP) is 2.38. The highest BCUT2D eigenvalue weighted by molar-refractivity contribution is 5.94. The summed E-state index contributed by atoms with van der Waals surface area (Å²) in [5.74, 6) is 1.58. The van der Waals surface area contributed by atoms with Crippen LogP contribution < -0.4 is 4.74 Å². The van der Waals surface area contributed by atoms with E-state index < -0.39 is 0 Å². The molecule has 110 valence electrons. The average Bonchev–Trinajstić information content (AvgIpc) is 3.25. The Morgan fingerprint density at radius 1 is 1.43 bits per heavy atom. The molecule has 0 N–H and O–H groups in total. The lowest BCUT2D eigenvalue weighted by Crippen LogP contribution is -2.03. The van der Waals surface area contributed by atoms with Crippen LogP contribution in [0, 0.1) is 6.92 Å². The molecule has 1 aliphatic rings. The Bertz CT molecular complexity index is 670. The number of hydrogen-bond donors (Lipinski definition) is 0. The molecule has 0 spiro atoms. The maximum absolute atomic E-state index is 11.6. The Balaban J connectivity index is 1.82. The molecule has 2 aromatic rings. The normalized spacial score (nSPS) is 16.8. The van der Waals surface area contributed by atoms with E-state index in [4.69, 9.17) is 9.47 Å². The smallest absolute Gasteiger partial charge is 0.179 e. The SMILES string of the molecule is CC(=O)c1nc(-c2ccc(OCC3CO3)cc2)n(C)c1C. The molecule has 2 heterocycles. The number of benzene rings is 1. The second-order valence-corrected chi connectivity index (χ2v) is 5.28. The first-order chi connectivity index (χ1) is 10.1. The number of epoxide rings is 1. The summed E-state index contributed by atoms with van der Waals surface area (Å²) in [5.41, 5.74) is 2.37. The van der Waals surface area contributed by atoms with Crippen molar-refractivity contribution in [2.45, 2.75) is 20.0 Å². The van der Waals surface area contributed by atoms with Crippen molar-refractivity contribution in [1.82, 2.24) is 9.55 Å². The fourth-order valence-electron chi connectivity index (χ4n) is 2.22. The third-order valence-corrected chi connectivity index (χ3v) is 3.67. The Kier molecular flexibility index (Phi) is 3.51. The monoisotopic (exact) mass is 286 g/mol. The standard InChI is InChI=1S/C16H18N2O3/c1-10-15(11(2)19)17-16(18(10)3)12-4-6-13(7-5-12)20-8-14-9-21-14/h4-7,14H,8-9H2,1-3H3. The lowest BCUT2D eigenvalue weighted by Gasteiger charge is -2.06. The van der Waals surface area contributed by atoms with Crippen molar-refractivity contribution < 1.29 is 14.3 Å². The third-order valence-electron chi connectivity index (χ3n) is 3.67. The van der Waals surface area contributed by atoms with Crippen LogP contribution in [0.4, 0.5) is 0 Å². The van der Waals surface area contributed by atoms with Crippen LogP contribution >= 0.6 is 0 Å². The van der Waals surface area contributed by atoms with E-state index in [9.17, 15) is 4.79 Å². The van der Waals surface area contributed by atoms with Gasteiger partial charge in [-0.25, -0.2) is 4.98 Å². The number of hydrogen-bond acceptors (Lipinski definition) is 4. The molecule has 1 aliphatic heterocycles. The van der Waals surface area contributed by atoms with Gasteiger partial charge >= 0.3 is 0 Å². The molecular weight excluding hydrogens is 268 g/mol. The van der Waals surface area contributed by atoms with Gasteiger partial charge in [0, 0.05) is 25.2 Å². The lowest BCUT2D eigenvalue weighted by atomic mass is 10.2. The maximum atomic E-state index is 11.6. The van der Waals surface area contributed by atoms with Gasteiger partial charge < -0.3 is 14.0 Å². The highest BCUT2D eigenvalue weighted by atomic mass is 16.6. The molecule has 1 fully saturated rings. The minimum absolute atomic E-state index is 0.0151. The quantitative estimate of drug-likeness (QED) is 0.625. The van der Waals surface area contributed by atoms with E-state index in [1.54, 1.807) is 0 Å². The van der Waals surface area contributed by atoms with Crippen LogP contribution in [0.15, 0.2) is 24.3 Å². The van der Waals surface area contributed by atoms with Gasteiger partial charge in [-0.3, -0.25) is 4.79 Å². The molecule has 1 saturated heterocycles. The van der Waals surface area contributed by atoms with E-state index in [0.717, 1.165) is 29.4 Å². The van der Waals surface area contributed by atoms with Gasteiger partial charge in [-0.15, -0.1) is 0 Å². The fraction of sp³-hybridized carbons (Fsp3) is 0.375. The summed E-state index contributed by atoms with van der Waals surface area (Å²) in [4.78, 5) is 16.0. The summed E-state index contributed by atoms with van der Waals surface area (Å²) in [7, 11) is 1.92. The lowest BCUT2D eigenvalue weighted by molar-refractivity contribution is 0.101. The number of imidazole rings is 1. The number of carbonyl (C=O) groups is 1. The van der Waals surface area contributed by atoms with Gasteiger partial charge in [0.05, 0.1) is 6.61 Å². The van der Waals surface area contributed by atoms with Crippen molar-refractivity contribution in [3.63, 3.8) is 0 Å². The molecule has 0 radical (unpaired) electrons. The maximum Gasteiger partial charge on any atom is 0.179 e. The van der Waals surface area contributed by atoms with E-state index in [1.807, 2.05) is 42.8 Å². The van der Waals surface area contributed by atoms with Gasteiger partial charge in [0.15, 0.2) is 5.78 Å². The Morgan fingerprint density at radius 2 is 2.10 bits per heavy atom. The second kappa shape index (κ2) is 5.33. The van der Waals surface area contributed by atoms with Crippen molar-refractivity contribution in [2.24, 2.45) is 7.05 Å². The molecule has 1 aromatic heterocycles. The minimum Gasteiger partial charge on any atom is -0.491 e. The first-order valence-corrected chi connectivity index (χ1v) is 6.95. The van der Waals surface area contributed by atoms with Crippen LogP contribution in [-0.2, 0) is 11.8 Å². The zero-order chi connectivity index (χ0) is 15.0. The van der Waals surface area contributed by atoms with E-state index in [1.165, 1.54) is 6.92 Å². The van der Waals surface area contributed by atoms with Crippen molar-refractivity contribution >= 4 is 5.78 Å². The predicted molar refractivity (Wildman–Crippen MR) is 78.6 cm³/mol. The summed E-state index contributed by atoms with van der Waals surface area (Å²) < 4.78 is 12.7. The van der Waals surface area contributed by atoms with Gasteiger partial charge in [-0.05, 0) is 31.2 Å². The Hall–Kier alpha value is -2.14. The number of ether oxygens (including phenoxy) is 2. The molecule has 5 nitrogen and oxygen atoms in total. The topological polar surface area (TPSA) is 56.6 Å². The van der Waals surface area contributed by atoms with Crippen molar-refractivity contribution in [1.29, 1.82) is 0 Å². The molecule has 0 amide bonds. The van der Waals surface area contributed by atoms with Crippen LogP contribution in [0.5, 0.6) is 5.75 Å². The third kappa shape index (κ3) is 2.83. The van der Waals surface area contributed by atoms with Crippen LogP contribution in [0.3, 0.4) is 0 Å². The summed E-state index contributed by atoms with van der Waals surface area (Å²) in [6, 6.07) is 7.73.